The second kappa shape index (κ2) is 7.21. The first-order valence-corrected chi connectivity index (χ1v) is 8.16. The van der Waals surface area contributed by atoms with Crippen molar-refractivity contribution in [2.24, 2.45) is 17.8 Å². The lowest BCUT2D eigenvalue weighted by Crippen LogP contribution is -2.51. The molecule has 0 spiro atoms. The Morgan fingerprint density at radius 2 is 2.00 bits per heavy atom. The Balaban J connectivity index is 1.90. The highest BCUT2D eigenvalue weighted by Crippen LogP contribution is 2.34. The van der Waals surface area contributed by atoms with Gasteiger partial charge >= 0.3 is 0 Å². The van der Waals surface area contributed by atoms with E-state index in [1.54, 1.807) is 0 Å². The lowest BCUT2D eigenvalue weighted by Gasteiger charge is -2.41. The van der Waals surface area contributed by atoms with Gasteiger partial charge in [-0.15, -0.1) is 0 Å². The van der Waals surface area contributed by atoms with Gasteiger partial charge in [0.1, 0.15) is 0 Å². The molecule has 0 bridgehead atoms. The fourth-order valence-electron chi connectivity index (χ4n) is 3.81. The lowest BCUT2D eigenvalue weighted by atomic mass is 9.74. The normalized spacial score (nSPS) is 40.2. The summed E-state index contributed by atoms with van der Waals surface area (Å²) in [5.41, 5.74) is 0. The van der Waals surface area contributed by atoms with E-state index in [1.807, 2.05) is 0 Å². The molecular formula is C16H31NO3. The predicted octanol–water partition coefficient (Wildman–Crippen LogP) is 1.50. The van der Waals surface area contributed by atoms with Crippen molar-refractivity contribution >= 4 is 0 Å². The Morgan fingerprint density at radius 3 is 2.65 bits per heavy atom. The van der Waals surface area contributed by atoms with Crippen LogP contribution < -0.4 is 0 Å². The molecule has 1 saturated carbocycles. The minimum absolute atomic E-state index is 0.0691. The SMILES string of the molecule is CC1CN(CC2CC(C(C)C)CCC2O)CC(CO)O1. The molecule has 0 aromatic heterocycles. The molecule has 4 nitrogen and oxygen atoms in total. The van der Waals surface area contributed by atoms with Crippen molar-refractivity contribution in [2.45, 2.75) is 58.3 Å². The number of rotatable bonds is 4. The fourth-order valence-corrected chi connectivity index (χ4v) is 3.81. The van der Waals surface area contributed by atoms with E-state index in [1.165, 1.54) is 0 Å². The fraction of sp³-hybridized carbons (Fsp3) is 1.00. The molecule has 2 rings (SSSR count). The zero-order valence-electron chi connectivity index (χ0n) is 13.2. The molecule has 4 heteroatoms. The third kappa shape index (κ3) is 4.17. The van der Waals surface area contributed by atoms with Crippen LogP contribution in [0.3, 0.4) is 0 Å². The van der Waals surface area contributed by atoms with Crippen molar-refractivity contribution in [3.8, 4) is 0 Å². The smallest absolute Gasteiger partial charge is 0.0936 e. The largest absolute Gasteiger partial charge is 0.394 e. The molecule has 0 aromatic carbocycles. The molecule has 1 aliphatic heterocycles. The van der Waals surface area contributed by atoms with Gasteiger partial charge in [0.25, 0.3) is 0 Å². The third-order valence-corrected chi connectivity index (χ3v) is 5.02. The minimum Gasteiger partial charge on any atom is -0.394 e. The van der Waals surface area contributed by atoms with Crippen LogP contribution >= 0.6 is 0 Å². The van der Waals surface area contributed by atoms with Crippen molar-refractivity contribution < 1.29 is 14.9 Å². The Morgan fingerprint density at radius 1 is 1.25 bits per heavy atom. The number of ether oxygens (including phenoxy) is 1. The quantitative estimate of drug-likeness (QED) is 0.822. The van der Waals surface area contributed by atoms with Crippen LogP contribution in [-0.2, 0) is 4.74 Å². The molecule has 5 atom stereocenters. The van der Waals surface area contributed by atoms with E-state index < -0.39 is 0 Å². The highest BCUT2D eigenvalue weighted by Gasteiger charge is 2.33. The molecule has 2 fully saturated rings. The van der Waals surface area contributed by atoms with Crippen LogP contribution in [0.5, 0.6) is 0 Å². The topological polar surface area (TPSA) is 52.9 Å². The van der Waals surface area contributed by atoms with Crippen molar-refractivity contribution in [1.82, 2.24) is 4.90 Å². The summed E-state index contributed by atoms with van der Waals surface area (Å²) in [4.78, 5) is 2.37. The van der Waals surface area contributed by atoms with E-state index in [0.29, 0.717) is 11.8 Å². The van der Waals surface area contributed by atoms with Crippen molar-refractivity contribution in [3.05, 3.63) is 0 Å². The maximum absolute atomic E-state index is 10.3. The summed E-state index contributed by atoms with van der Waals surface area (Å²) in [6.07, 6.45) is 3.18. The number of hydrogen-bond donors (Lipinski definition) is 2. The van der Waals surface area contributed by atoms with E-state index in [4.69, 9.17) is 4.74 Å². The van der Waals surface area contributed by atoms with E-state index in [2.05, 4.69) is 25.7 Å². The van der Waals surface area contributed by atoms with Gasteiger partial charge in [0, 0.05) is 19.6 Å². The summed E-state index contributed by atoms with van der Waals surface area (Å²) in [6.45, 7) is 9.36. The maximum Gasteiger partial charge on any atom is 0.0936 e. The summed E-state index contributed by atoms with van der Waals surface area (Å²) < 4.78 is 5.69. The molecule has 5 unspecified atom stereocenters. The van der Waals surface area contributed by atoms with Crippen LogP contribution in [0.25, 0.3) is 0 Å². The van der Waals surface area contributed by atoms with E-state index in [0.717, 1.165) is 44.8 Å². The molecule has 0 aromatic rings. The number of aliphatic hydroxyl groups is 2. The number of morpholine rings is 1. The molecule has 0 amide bonds. The first-order chi connectivity index (χ1) is 9.49. The van der Waals surface area contributed by atoms with Crippen LogP contribution in [0.4, 0.5) is 0 Å². The predicted molar refractivity (Wildman–Crippen MR) is 79.5 cm³/mol. The second-order valence-electron chi connectivity index (χ2n) is 7.11. The van der Waals surface area contributed by atoms with Crippen LogP contribution in [0.2, 0.25) is 0 Å². The first kappa shape index (κ1) is 16.2. The standard InChI is InChI=1S/C16H31NO3/c1-11(2)13-4-5-16(19)14(6-13)8-17-7-12(3)20-15(9-17)10-18/h11-16,18-19H,4-10H2,1-3H3. The Hall–Kier alpha value is -0.160. The third-order valence-electron chi connectivity index (χ3n) is 5.02. The Labute approximate surface area is 123 Å². The molecule has 2 N–H and O–H groups in total. The summed E-state index contributed by atoms with van der Waals surface area (Å²) in [5.74, 6) is 1.83. The van der Waals surface area contributed by atoms with Crippen molar-refractivity contribution in [1.29, 1.82) is 0 Å². The van der Waals surface area contributed by atoms with Gasteiger partial charge in [-0.3, -0.25) is 4.90 Å². The average Bonchev–Trinajstić information content (AvgIpc) is 2.40. The minimum atomic E-state index is -0.157. The second-order valence-corrected chi connectivity index (χ2v) is 7.11. The summed E-state index contributed by atoms with van der Waals surface area (Å²) in [6, 6.07) is 0. The number of aliphatic hydroxyl groups excluding tert-OH is 2. The van der Waals surface area contributed by atoms with Crippen molar-refractivity contribution in [2.75, 3.05) is 26.2 Å². The molecule has 2 aliphatic rings. The number of hydrogen-bond acceptors (Lipinski definition) is 4. The molecule has 0 radical (unpaired) electrons. The van der Waals surface area contributed by atoms with Gasteiger partial charge in [-0.05, 0) is 43.9 Å². The van der Waals surface area contributed by atoms with E-state index >= 15 is 0 Å². The zero-order valence-corrected chi connectivity index (χ0v) is 13.2. The van der Waals surface area contributed by atoms with Gasteiger partial charge in [-0.25, -0.2) is 0 Å². The zero-order chi connectivity index (χ0) is 14.7. The molecule has 1 heterocycles. The van der Waals surface area contributed by atoms with Crippen LogP contribution in [0.1, 0.15) is 40.0 Å². The van der Waals surface area contributed by atoms with Gasteiger partial charge in [-0.2, -0.15) is 0 Å². The van der Waals surface area contributed by atoms with Gasteiger partial charge in [0.05, 0.1) is 24.9 Å². The summed E-state index contributed by atoms with van der Waals surface area (Å²) in [7, 11) is 0. The average molecular weight is 285 g/mol. The first-order valence-electron chi connectivity index (χ1n) is 8.16. The molecule has 20 heavy (non-hydrogen) atoms. The number of nitrogens with zero attached hydrogens (tertiary/aromatic N) is 1. The van der Waals surface area contributed by atoms with Crippen molar-refractivity contribution in [3.63, 3.8) is 0 Å². The Bertz CT molecular complexity index is 297. The van der Waals surface area contributed by atoms with Gasteiger partial charge < -0.3 is 14.9 Å². The molecule has 1 aliphatic carbocycles. The Kier molecular flexibility index (Phi) is 5.84. The molecule has 118 valence electrons. The molecular weight excluding hydrogens is 254 g/mol. The monoisotopic (exact) mass is 285 g/mol. The van der Waals surface area contributed by atoms with Crippen LogP contribution in [0, 0.1) is 17.8 Å². The highest BCUT2D eigenvalue weighted by atomic mass is 16.5. The van der Waals surface area contributed by atoms with Crippen LogP contribution in [0.15, 0.2) is 0 Å². The summed E-state index contributed by atoms with van der Waals surface area (Å²) in [5, 5.41) is 19.6. The maximum atomic E-state index is 10.3. The lowest BCUT2D eigenvalue weighted by molar-refractivity contribution is -0.104. The van der Waals surface area contributed by atoms with E-state index in [9.17, 15) is 10.2 Å². The molecule has 1 saturated heterocycles. The highest BCUT2D eigenvalue weighted by molar-refractivity contribution is 4.85. The van der Waals surface area contributed by atoms with Crippen LogP contribution in [-0.4, -0.2) is 59.7 Å². The summed E-state index contributed by atoms with van der Waals surface area (Å²) >= 11 is 0. The van der Waals surface area contributed by atoms with Gasteiger partial charge in [0.2, 0.25) is 0 Å². The van der Waals surface area contributed by atoms with Gasteiger partial charge in [-0.1, -0.05) is 13.8 Å². The van der Waals surface area contributed by atoms with E-state index in [-0.39, 0.29) is 24.9 Å². The van der Waals surface area contributed by atoms with Gasteiger partial charge in [0.15, 0.2) is 0 Å².